The molecule has 0 saturated heterocycles. The van der Waals surface area contributed by atoms with Gasteiger partial charge in [0.15, 0.2) is 5.82 Å². The van der Waals surface area contributed by atoms with E-state index in [2.05, 4.69) is 10.1 Å². The number of benzene rings is 1. The van der Waals surface area contributed by atoms with Crippen LogP contribution in [-0.4, -0.2) is 15.9 Å². The van der Waals surface area contributed by atoms with Crippen LogP contribution >= 0.6 is 23.4 Å². The Morgan fingerprint density at radius 2 is 2.30 bits per heavy atom. The molecule has 0 radical (unpaired) electrons. The van der Waals surface area contributed by atoms with Crippen molar-refractivity contribution in [2.75, 3.05) is 0 Å². The summed E-state index contributed by atoms with van der Waals surface area (Å²) in [5, 5.41) is 4.61. The zero-order valence-corrected chi connectivity index (χ0v) is 12.9. The van der Waals surface area contributed by atoms with Crippen molar-refractivity contribution >= 4 is 29.1 Å². The van der Waals surface area contributed by atoms with Crippen molar-refractivity contribution in [3.8, 4) is 0 Å². The van der Waals surface area contributed by atoms with Gasteiger partial charge in [-0.2, -0.15) is 4.98 Å². The van der Waals surface area contributed by atoms with Crippen molar-refractivity contribution in [2.24, 2.45) is 0 Å². The van der Waals surface area contributed by atoms with Gasteiger partial charge in [-0.15, -0.1) is 11.8 Å². The van der Waals surface area contributed by atoms with E-state index in [1.807, 2.05) is 31.2 Å². The number of halogens is 1. The number of carbonyl (C=O) groups is 1. The van der Waals surface area contributed by atoms with Crippen molar-refractivity contribution in [1.82, 2.24) is 10.1 Å². The molecule has 106 valence electrons. The van der Waals surface area contributed by atoms with E-state index in [0.717, 1.165) is 4.90 Å². The number of thioether (sulfide) groups is 1. The third-order valence-electron chi connectivity index (χ3n) is 2.84. The molecule has 1 aromatic carbocycles. The van der Waals surface area contributed by atoms with E-state index >= 15 is 0 Å². The summed E-state index contributed by atoms with van der Waals surface area (Å²) in [5.41, 5.74) is 0. The van der Waals surface area contributed by atoms with Gasteiger partial charge >= 0.3 is 0 Å². The predicted molar refractivity (Wildman–Crippen MR) is 79.0 cm³/mol. The summed E-state index contributed by atoms with van der Waals surface area (Å²) >= 11 is 7.50. The molecule has 0 aliphatic heterocycles. The number of carbonyl (C=O) groups excluding carboxylic acids is 1. The molecular weight excluding hydrogens is 296 g/mol. The van der Waals surface area contributed by atoms with Crippen molar-refractivity contribution in [2.45, 2.75) is 36.8 Å². The average molecular weight is 311 g/mol. The maximum absolute atomic E-state index is 11.5. The molecule has 1 aromatic heterocycles. The van der Waals surface area contributed by atoms with Crippen LogP contribution in [0.5, 0.6) is 0 Å². The van der Waals surface area contributed by atoms with Gasteiger partial charge in [0.05, 0.1) is 11.7 Å². The van der Waals surface area contributed by atoms with Gasteiger partial charge in [-0.05, 0) is 31.5 Å². The van der Waals surface area contributed by atoms with Crippen molar-refractivity contribution in [3.63, 3.8) is 0 Å². The lowest BCUT2D eigenvalue weighted by molar-refractivity contribution is -0.119. The minimum absolute atomic E-state index is 0.0465. The van der Waals surface area contributed by atoms with Crippen LogP contribution in [0.2, 0.25) is 5.02 Å². The van der Waals surface area contributed by atoms with Crippen LogP contribution in [0.1, 0.15) is 37.9 Å². The van der Waals surface area contributed by atoms with E-state index in [0.29, 0.717) is 28.9 Å². The van der Waals surface area contributed by atoms with Gasteiger partial charge in [0.25, 0.3) is 0 Å². The van der Waals surface area contributed by atoms with E-state index < -0.39 is 0 Å². The minimum atomic E-state index is -0.299. The van der Waals surface area contributed by atoms with Gasteiger partial charge in [0, 0.05) is 9.92 Å². The SMILES string of the molecule is CCC(C(C)=O)c1nc(CSc2cccc(Cl)c2)no1. The van der Waals surface area contributed by atoms with Gasteiger partial charge < -0.3 is 4.52 Å². The van der Waals surface area contributed by atoms with Crippen LogP contribution in [0.15, 0.2) is 33.7 Å². The molecule has 2 aromatic rings. The van der Waals surface area contributed by atoms with Gasteiger partial charge in [-0.25, -0.2) is 0 Å². The number of aromatic nitrogens is 2. The van der Waals surface area contributed by atoms with Crippen LogP contribution < -0.4 is 0 Å². The Morgan fingerprint density at radius 1 is 1.50 bits per heavy atom. The highest BCUT2D eigenvalue weighted by Gasteiger charge is 2.21. The molecule has 20 heavy (non-hydrogen) atoms. The van der Waals surface area contributed by atoms with E-state index in [4.69, 9.17) is 16.1 Å². The molecule has 1 unspecified atom stereocenters. The fourth-order valence-corrected chi connectivity index (χ4v) is 2.86. The highest BCUT2D eigenvalue weighted by atomic mass is 35.5. The van der Waals surface area contributed by atoms with Gasteiger partial charge in [-0.3, -0.25) is 4.79 Å². The number of ketones is 1. The maximum Gasteiger partial charge on any atom is 0.237 e. The molecule has 0 amide bonds. The van der Waals surface area contributed by atoms with E-state index in [9.17, 15) is 4.79 Å². The minimum Gasteiger partial charge on any atom is -0.339 e. The second kappa shape index (κ2) is 6.90. The normalized spacial score (nSPS) is 12.3. The summed E-state index contributed by atoms with van der Waals surface area (Å²) in [6, 6.07) is 7.59. The van der Waals surface area contributed by atoms with E-state index in [1.165, 1.54) is 0 Å². The second-order valence-corrected chi connectivity index (χ2v) is 5.85. The predicted octanol–water partition coefficient (Wildman–Crippen LogP) is 4.10. The molecule has 1 heterocycles. The zero-order valence-electron chi connectivity index (χ0n) is 11.3. The Morgan fingerprint density at radius 3 is 2.95 bits per heavy atom. The quantitative estimate of drug-likeness (QED) is 0.752. The summed E-state index contributed by atoms with van der Waals surface area (Å²) in [5.74, 6) is 1.32. The maximum atomic E-state index is 11.5. The first-order valence-electron chi connectivity index (χ1n) is 6.31. The molecule has 2 rings (SSSR count). The first kappa shape index (κ1) is 15.1. The van der Waals surface area contributed by atoms with Crippen LogP contribution in [-0.2, 0) is 10.5 Å². The third-order valence-corrected chi connectivity index (χ3v) is 4.07. The number of Topliss-reactive ketones (excluding diaryl/α,β-unsaturated/α-hetero) is 1. The summed E-state index contributed by atoms with van der Waals surface area (Å²) in [7, 11) is 0. The fourth-order valence-electron chi connectivity index (χ4n) is 1.81. The first-order chi connectivity index (χ1) is 9.60. The Kier molecular flexibility index (Phi) is 5.20. The van der Waals surface area contributed by atoms with Gasteiger partial charge in [-0.1, -0.05) is 29.7 Å². The lowest BCUT2D eigenvalue weighted by Gasteiger charge is -2.03. The average Bonchev–Trinajstić information content (AvgIpc) is 2.85. The van der Waals surface area contributed by atoms with Crippen LogP contribution in [0.4, 0.5) is 0 Å². The molecular formula is C14H15ClN2O2S. The Labute approximate surface area is 126 Å². The van der Waals surface area contributed by atoms with Gasteiger partial charge in [0.1, 0.15) is 5.78 Å². The highest BCUT2D eigenvalue weighted by molar-refractivity contribution is 7.98. The molecule has 0 N–H and O–H groups in total. The number of hydrogen-bond acceptors (Lipinski definition) is 5. The molecule has 0 spiro atoms. The Hall–Kier alpha value is -1.33. The lowest BCUT2D eigenvalue weighted by Crippen LogP contribution is -2.07. The van der Waals surface area contributed by atoms with Gasteiger partial charge in [0.2, 0.25) is 5.89 Å². The molecule has 6 heteroatoms. The first-order valence-corrected chi connectivity index (χ1v) is 7.67. The third kappa shape index (κ3) is 3.84. The van der Waals surface area contributed by atoms with E-state index in [1.54, 1.807) is 18.7 Å². The van der Waals surface area contributed by atoms with Crippen molar-refractivity contribution in [1.29, 1.82) is 0 Å². The highest BCUT2D eigenvalue weighted by Crippen LogP contribution is 2.25. The van der Waals surface area contributed by atoms with Crippen molar-refractivity contribution < 1.29 is 9.32 Å². The lowest BCUT2D eigenvalue weighted by atomic mass is 10.0. The number of rotatable bonds is 6. The molecule has 1 atom stereocenters. The van der Waals surface area contributed by atoms with E-state index in [-0.39, 0.29) is 11.7 Å². The summed E-state index contributed by atoms with van der Waals surface area (Å²) in [6.07, 6.45) is 0.665. The molecule has 4 nitrogen and oxygen atoms in total. The Balaban J connectivity index is 2.01. The second-order valence-electron chi connectivity index (χ2n) is 4.37. The topological polar surface area (TPSA) is 56.0 Å². The largest absolute Gasteiger partial charge is 0.339 e. The monoisotopic (exact) mass is 310 g/mol. The standard InChI is InChI=1S/C14H15ClN2O2S/c1-3-12(9(2)18)14-16-13(17-19-14)8-20-11-6-4-5-10(15)7-11/h4-7,12H,3,8H2,1-2H3. The summed E-state index contributed by atoms with van der Waals surface area (Å²) in [6.45, 7) is 3.47. The molecule has 0 saturated carbocycles. The smallest absolute Gasteiger partial charge is 0.237 e. The zero-order chi connectivity index (χ0) is 14.5. The van der Waals surface area contributed by atoms with Crippen LogP contribution in [0, 0.1) is 0 Å². The molecule has 0 aliphatic rings. The van der Waals surface area contributed by atoms with Crippen molar-refractivity contribution in [3.05, 3.63) is 41.0 Å². The molecule has 0 bridgehead atoms. The number of hydrogen-bond donors (Lipinski definition) is 0. The molecule has 0 aliphatic carbocycles. The summed E-state index contributed by atoms with van der Waals surface area (Å²) < 4.78 is 5.17. The fraction of sp³-hybridized carbons (Fsp3) is 0.357. The van der Waals surface area contributed by atoms with Crippen LogP contribution in [0.25, 0.3) is 0 Å². The summed E-state index contributed by atoms with van der Waals surface area (Å²) in [4.78, 5) is 16.8. The number of nitrogens with zero attached hydrogens (tertiary/aromatic N) is 2. The Bertz CT molecular complexity index is 600. The van der Waals surface area contributed by atoms with Crippen LogP contribution in [0.3, 0.4) is 0 Å². The molecule has 0 fully saturated rings.